The van der Waals surface area contributed by atoms with Crippen LogP contribution >= 0.6 is 0 Å². The Kier molecular flexibility index (Phi) is 6.29. The van der Waals surface area contributed by atoms with Gasteiger partial charge in [0.25, 0.3) is 0 Å². The summed E-state index contributed by atoms with van der Waals surface area (Å²) in [5.74, 6) is 0.624. The number of aryl methyl sites for hydroxylation is 2. The molecule has 1 aromatic carbocycles. The summed E-state index contributed by atoms with van der Waals surface area (Å²) in [5, 5.41) is 0. The first-order valence-electron chi connectivity index (χ1n) is 10.4. The molecule has 160 valence electrons. The number of amides is 1. The molecule has 0 saturated carbocycles. The number of hydrogen-bond acceptors (Lipinski definition) is 6. The van der Waals surface area contributed by atoms with Gasteiger partial charge in [0.2, 0.25) is 21.9 Å². The van der Waals surface area contributed by atoms with Crippen LogP contribution in [0.3, 0.4) is 0 Å². The average Bonchev–Trinajstić information content (AvgIpc) is 2.79. The molecule has 1 N–H and O–H groups in total. The number of fused-ring (bicyclic) bond motifs is 1. The standard InChI is InChI=1S/C21H27N5O3S/c27-20(25-12-14-26(15-13-25)21-22-9-3-10-23-21)8-11-24-30(28,29)19-7-6-17-4-1-2-5-18(17)16-19/h3,6-7,9-10,16,24H,1-2,4-5,8,11-15H2. The van der Waals surface area contributed by atoms with Crippen molar-refractivity contribution in [1.82, 2.24) is 19.6 Å². The zero-order chi connectivity index (χ0) is 21.0. The van der Waals surface area contributed by atoms with Gasteiger partial charge >= 0.3 is 0 Å². The number of nitrogens with one attached hydrogen (secondary N) is 1. The molecule has 0 unspecified atom stereocenters. The lowest BCUT2D eigenvalue weighted by atomic mass is 9.92. The number of benzene rings is 1. The van der Waals surface area contributed by atoms with Crippen LogP contribution in [-0.4, -0.2) is 61.9 Å². The molecule has 1 aliphatic carbocycles. The van der Waals surface area contributed by atoms with Gasteiger partial charge in [-0.25, -0.2) is 23.1 Å². The van der Waals surface area contributed by atoms with Crippen molar-refractivity contribution in [3.8, 4) is 0 Å². The van der Waals surface area contributed by atoms with Crippen molar-refractivity contribution in [2.24, 2.45) is 0 Å². The number of anilines is 1. The molecule has 1 aliphatic heterocycles. The first kappa shape index (κ1) is 20.7. The molecule has 0 bridgehead atoms. The van der Waals surface area contributed by atoms with E-state index in [1.54, 1.807) is 35.5 Å². The van der Waals surface area contributed by atoms with E-state index in [1.165, 1.54) is 5.56 Å². The predicted octanol–water partition coefficient (Wildman–Crippen LogP) is 1.37. The minimum Gasteiger partial charge on any atom is -0.339 e. The fourth-order valence-corrected chi connectivity index (χ4v) is 5.10. The molecule has 0 spiro atoms. The maximum atomic E-state index is 12.6. The zero-order valence-corrected chi connectivity index (χ0v) is 17.8. The number of carbonyl (C=O) groups is 1. The minimum absolute atomic E-state index is 0.0447. The van der Waals surface area contributed by atoms with Crippen LogP contribution in [0.15, 0.2) is 41.6 Å². The highest BCUT2D eigenvalue weighted by atomic mass is 32.2. The van der Waals surface area contributed by atoms with Crippen molar-refractivity contribution in [3.63, 3.8) is 0 Å². The highest BCUT2D eigenvalue weighted by molar-refractivity contribution is 7.89. The first-order valence-corrected chi connectivity index (χ1v) is 11.9. The van der Waals surface area contributed by atoms with E-state index in [0.717, 1.165) is 31.2 Å². The van der Waals surface area contributed by atoms with E-state index in [4.69, 9.17) is 0 Å². The number of aromatic nitrogens is 2. The molecule has 0 radical (unpaired) electrons. The van der Waals surface area contributed by atoms with Gasteiger partial charge in [0, 0.05) is 51.5 Å². The van der Waals surface area contributed by atoms with Crippen molar-refractivity contribution < 1.29 is 13.2 Å². The second-order valence-electron chi connectivity index (χ2n) is 7.70. The molecule has 1 fully saturated rings. The van der Waals surface area contributed by atoms with Gasteiger partial charge in [0.15, 0.2) is 0 Å². The van der Waals surface area contributed by atoms with Crippen LogP contribution in [0.25, 0.3) is 0 Å². The van der Waals surface area contributed by atoms with E-state index in [0.29, 0.717) is 32.1 Å². The second kappa shape index (κ2) is 9.09. The Balaban J connectivity index is 1.26. The quantitative estimate of drug-likeness (QED) is 0.745. The summed E-state index contributed by atoms with van der Waals surface area (Å²) >= 11 is 0. The van der Waals surface area contributed by atoms with Gasteiger partial charge in [-0.2, -0.15) is 0 Å². The third-order valence-electron chi connectivity index (χ3n) is 5.73. The van der Waals surface area contributed by atoms with Crippen LogP contribution in [-0.2, 0) is 27.7 Å². The molecule has 30 heavy (non-hydrogen) atoms. The Labute approximate surface area is 177 Å². The van der Waals surface area contributed by atoms with Gasteiger partial charge in [-0.15, -0.1) is 0 Å². The Hall–Kier alpha value is -2.52. The SMILES string of the molecule is O=C(CCNS(=O)(=O)c1ccc2c(c1)CCCC2)N1CCN(c2ncccn2)CC1. The van der Waals surface area contributed by atoms with E-state index in [2.05, 4.69) is 14.7 Å². The van der Waals surface area contributed by atoms with Crippen molar-refractivity contribution in [3.05, 3.63) is 47.8 Å². The number of carbonyl (C=O) groups excluding carboxylic acids is 1. The summed E-state index contributed by atoms with van der Waals surface area (Å²) in [5.41, 5.74) is 2.37. The maximum absolute atomic E-state index is 12.6. The Morgan fingerprint density at radius 1 is 1.00 bits per heavy atom. The fourth-order valence-electron chi connectivity index (χ4n) is 4.02. The van der Waals surface area contributed by atoms with Gasteiger partial charge in [-0.1, -0.05) is 6.07 Å². The van der Waals surface area contributed by atoms with Crippen molar-refractivity contribution in [1.29, 1.82) is 0 Å². The van der Waals surface area contributed by atoms with Gasteiger partial charge in [-0.3, -0.25) is 4.79 Å². The highest BCUT2D eigenvalue weighted by Gasteiger charge is 2.23. The van der Waals surface area contributed by atoms with Crippen LogP contribution in [0.1, 0.15) is 30.4 Å². The average molecular weight is 430 g/mol. The van der Waals surface area contributed by atoms with Crippen LogP contribution < -0.4 is 9.62 Å². The minimum atomic E-state index is -3.61. The van der Waals surface area contributed by atoms with Gasteiger partial charge < -0.3 is 9.80 Å². The predicted molar refractivity (Wildman–Crippen MR) is 114 cm³/mol. The Morgan fingerprint density at radius 2 is 1.70 bits per heavy atom. The Morgan fingerprint density at radius 3 is 2.43 bits per heavy atom. The fraction of sp³-hybridized carbons (Fsp3) is 0.476. The van der Waals surface area contributed by atoms with E-state index < -0.39 is 10.0 Å². The van der Waals surface area contributed by atoms with E-state index in [9.17, 15) is 13.2 Å². The smallest absolute Gasteiger partial charge is 0.240 e. The highest BCUT2D eigenvalue weighted by Crippen LogP contribution is 2.24. The summed E-state index contributed by atoms with van der Waals surface area (Å²) in [4.78, 5) is 25.1. The van der Waals surface area contributed by atoms with Gasteiger partial charge in [-0.05, 0) is 55.0 Å². The summed E-state index contributed by atoms with van der Waals surface area (Å²) in [7, 11) is -3.61. The molecule has 2 heterocycles. The Bertz CT molecular complexity index is 989. The van der Waals surface area contributed by atoms with E-state index in [1.807, 2.05) is 11.0 Å². The topological polar surface area (TPSA) is 95.5 Å². The summed E-state index contributed by atoms with van der Waals surface area (Å²) in [6.45, 7) is 2.58. The second-order valence-corrected chi connectivity index (χ2v) is 9.47. The number of nitrogens with zero attached hydrogens (tertiary/aromatic N) is 4. The first-order chi connectivity index (χ1) is 14.5. The molecule has 1 aromatic heterocycles. The molecule has 2 aromatic rings. The molecule has 4 rings (SSSR count). The molecule has 1 amide bonds. The summed E-state index contributed by atoms with van der Waals surface area (Å²) in [6, 6.07) is 7.14. The molecule has 8 nitrogen and oxygen atoms in total. The van der Waals surface area contributed by atoms with Gasteiger partial charge in [0.1, 0.15) is 0 Å². The van der Waals surface area contributed by atoms with Crippen LogP contribution in [0.5, 0.6) is 0 Å². The van der Waals surface area contributed by atoms with E-state index >= 15 is 0 Å². The molecule has 1 saturated heterocycles. The molecule has 9 heteroatoms. The summed E-state index contributed by atoms with van der Waals surface area (Å²) in [6.07, 6.45) is 7.75. The third kappa shape index (κ3) is 4.79. The molecule has 0 atom stereocenters. The van der Waals surface area contributed by atoms with Crippen LogP contribution in [0.4, 0.5) is 5.95 Å². The van der Waals surface area contributed by atoms with Crippen molar-refractivity contribution in [2.45, 2.75) is 37.0 Å². The summed E-state index contributed by atoms with van der Waals surface area (Å²) < 4.78 is 27.8. The molecular weight excluding hydrogens is 402 g/mol. The number of piperazine rings is 1. The monoisotopic (exact) mass is 429 g/mol. The maximum Gasteiger partial charge on any atom is 0.240 e. The van der Waals surface area contributed by atoms with E-state index in [-0.39, 0.29) is 23.8 Å². The van der Waals surface area contributed by atoms with Crippen molar-refractivity contribution in [2.75, 3.05) is 37.6 Å². The van der Waals surface area contributed by atoms with Crippen LogP contribution in [0, 0.1) is 0 Å². The van der Waals surface area contributed by atoms with Crippen LogP contribution in [0.2, 0.25) is 0 Å². The third-order valence-corrected chi connectivity index (χ3v) is 7.19. The molecular formula is C21H27N5O3S. The van der Waals surface area contributed by atoms with Crippen molar-refractivity contribution >= 4 is 21.9 Å². The van der Waals surface area contributed by atoms with Gasteiger partial charge in [0.05, 0.1) is 4.90 Å². The molecule has 2 aliphatic rings. The number of rotatable bonds is 6. The number of sulfonamides is 1. The normalized spacial score (nSPS) is 16.9. The number of hydrogen-bond donors (Lipinski definition) is 1. The zero-order valence-electron chi connectivity index (χ0n) is 17.0. The lowest BCUT2D eigenvalue weighted by Crippen LogP contribution is -2.49. The largest absolute Gasteiger partial charge is 0.339 e. The lowest BCUT2D eigenvalue weighted by molar-refractivity contribution is -0.131. The lowest BCUT2D eigenvalue weighted by Gasteiger charge is -2.34.